The van der Waals surface area contributed by atoms with Gasteiger partial charge in [-0.15, -0.1) is 0 Å². The zero-order chi connectivity index (χ0) is 11.8. The smallest absolute Gasteiger partial charge is 0.224 e. The van der Waals surface area contributed by atoms with Crippen LogP contribution < -0.4 is 0 Å². The fourth-order valence-electron chi connectivity index (χ4n) is 1.41. The summed E-state index contributed by atoms with van der Waals surface area (Å²) in [4.78, 5) is 16.0. The van der Waals surface area contributed by atoms with Gasteiger partial charge in [-0.2, -0.15) is 14.8 Å². The van der Waals surface area contributed by atoms with Crippen LogP contribution in [0.2, 0.25) is 10.4 Å². The van der Waals surface area contributed by atoms with Crippen LogP contribution >= 0.6 is 23.2 Å². The van der Waals surface area contributed by atoms with Crippen LogP contribution in [0.4, 0.5) is 0 Å². The predicted molar refractivity (Wildman–Crippen MR) is 62.3 cm³/mol. The molecule has 0 N–H and O–H groups in total. The summed E-state index contributed by atoms with van der Waals surface area (Å²) in [5.74, 6) is 0.402. The van der Waals surface area contributed by atoms with Crippen molar-refractivity contribution < 1.29 is 0 Å². The highest BCUT2D eigenvalue weighted by Gasteiger charge is 2.11. The van der Waals surface area contributed by atoms with Crippen LogP contribution in [-0.2, 0) is 0 Å². The average Bonchev–Trinajstić information content (AvgIpc) is 2.72. The molecule has 3 rings (SSSR count). The Labute approximate surface area is 105 Å². The number of rotatable bonds is 1. The lowest BCUT2D eigenvalue weighted by Gasteiger charge is -2.02. The molecule has 0 unspecified atom stereocenters. The lowest BCUT2D eigenvalue weighted by molar-refractivity contribution is 0.852. The van der Waals surface area contributed by atoms with Gasteiger partial charge in [0.05, 0.1) is 11.6 Å². The fraction of sp³-hybridized carbons (Fsp3) is 0. The van der Waals surface area contributed by atoms with Gasteiger partial charge in [0.1, 0.15) is 0 Å². The minimum atomic E-state index is 0.138. The van der Waals surface area contributed by atoms with Crippen LogP contribution in [0.3, 0.4) is 0 Å². The summed E-state index contributed by atoms with van der Waals surface area (Å²) in [7, 11) is 0. The van der Waals surface area contributed by atoms with Gasteiger partial charge in [-0.3, -0.25) is 0 Å². The highest BCUT2D eigenvalue weighted by atomic mass is 35.5. The Kier molecular flexibility index (Phi) is 2.38. The van der Waals surface area contributed by atoms with E-state index in [0.29, 0.717) is 11.5 Å². The molecule has 3 aromatic heterocycles. The summed E-state index contributed by atoms with van der Waals surface area (Å²) in [6, 6.07) is 0. The summed E-state index contributed by atoms with van der Waals surface area (Å²) < 4.78 is 1.47. The van der Waals surface area contributed by atoms with Gasteiger partial charge in [0, 0.05) is 18.6 Å². The molecule has 0 aliphatic rings. The second-order valence-corrected chi connectivity index (χ2v) is 3.84. The molecule has 3 heterocycles. The first-order valence-electron chi connectivity index (χ1n) is 4.59. The quantitative estimate of drug-likeness (QED) is 0.630. The van der Waals surface area contributed by atoms with E-state index < -0.39 is 0 Å². The minimum Gasteiger partial charge on any atom is -0.239 e. The Hall–Kier alpha value is -1.79. The van der Waals surface area contributed by atoms with Gasteiger partial charge in [-0.05, 0) is 11.6 Å². The van der Waals surface area contributed by atoms with E-state index in [2.05, 4.69) is 25.0 Å². The van der Waals surface area contributed by atoms with E-state index in [9.17, 15) is 0 Å². The first kappa shape index (κ1) is 10.4. The molecule has 6 nitrogen and oxygen atoms in total. The average molecular weight is 267 g/mol. The molecule has 0 aromatic carbocycles. The number of nitrogens with zero attached hydrogens (tertiary/aromatic N) is 6. The molecule has 0 aliphatic heterocycles. The molecule has 17 heavy (non-hydrogen) atoms. The van der Waals surface area contributed by atoms with Crippen molar-refractivity contribution in [3.05, 3.63) is 35.2 Å². The summed E-state index contributed by atoms with van der Waals surface area (Å²) in [6.45, 7) is 0. The summed E-state index contributed by atoms with van der Waals surface area (Å²) in [5, 5.41) is 5.26. The molecule has 0 saturated heterocycles. The van der Waals surface area contributed by atoms with Crippen LogP contribution in [0.5, 0.6) is 0 Å². The Morgan fingerprint density at radius 3 is 2.65 bits per heavy atom. The topological polar surface area (TPSA) is 69.4 Å². The van der Waals surface area contributed by atoms with Crippen molar-refractivity contribution in [3.8, 4) is 5.82 Å². The fourth-order valence-corrected chi connectivity index (χ4v) is 1.72. The maximum absolute atomic E-state index is 5.95. The predicted octanol–water partition coefficient (Wildman–Crippen LogP) is 1.91. The summed E-state index contributed by atoms with van der Waals surface area (Å²) >= 11 is 11.7. The summed E-state index contributed by atoms with van der Waals surface area (Å²) in [6.07, 6.45) is 6.21. The van der Waals surface area contributed by atoms with Crippen molar-refractivity contribution in [2.75, 3.05) is 0 Å². The molecule has 0 spiro atoms. The molecule has 3 aromatic rings. The van der Waals surface area contributed by atoms with E-state index in [4.69, 9.17) is 23.2 Å². The molecule has 0 amide bonds. The molecule has 0 bridgehead atoms. The Balaban J connectivity index is 2.31. The van der Waals surface area contributed by atoms with Crippen molar-refractivity contribution in [2.24, 2.45) is 0 Å². The molecule has 0 aliphatic carbocycles. The zero-order valence-corrected chi connectivity index (χ0v) is 9.76. The van der Waals surface area contributed by atoms with E-state index in [0.717, 1.165) is 5.39 Å². The van der Waals surface area contributed by atoms with Crippen LogP contribution in [0.1, 0.15) is 0 Å². The standard InChI is InChI=1S/C9H4Cl2N6/c10-6-8(13-2-1-12-6)17-7-5(4-15-17)3-14-9(11)16-7/h1-4H. The molecule has 84 valence electrons. The summed E-state index contributed by atoms with van der Waals surface area (Å²) in [5.41, 5.74) is 0.535. The number of aromatic nitrogens is 6. The molecule has 0 fully saturated rings. The molecule has 0 radical (unpaired) electrons. The van der Waals surface area contributed by atoms with Crippen LogP contribution in [-0.4, -0.2) is 29.7 Å². The van der Waals surface area contributed by atoms with Crippen molar-refractivity contribution in [1.29, 1.82) is 0 Å². The van der Waals surface area contributed by atoms with E-state index in [1.54, 1.807) is 12.4 Å². The first-order chi connectivity index (χ1) is 8.25. The van der Waals surface area contributed by atoms with Crippen molar-refractivity contribution >= 4 is 34.2 Å². The zero-order valence-electron chi connectivity index (χ0n) is 8.25. The van der Waals surface area contributed by atoms with Crippen molar-refractivity contribution in [3.63, 3.8) is 0 Å². The maximum atomic E-state index is 5.95. The lowest BCUT2D eigenvalue weighted by atomic mass is 10.4. The van der Waals surface area contributed by atoms with Gasteiger partial charge in [0.25, 0.3) is 0 Å². The maximum Gasteiger partial charge on any atom is 0.224 e. The van der Waals surface area contributed by atoms with E-state index >= 15 is 0 Å². The molecular weight excluding hydrogens is 263 g/mol. The SMILES string of the molecule is Clc1ncc2cnn(-c3nccnc3Cl)c2n1. The van der Waals surface area contributed by atoms with Crippen LogP contribution in [0, 0.1) is 0 Å². The highest BCUT2D eigenvalue weighted by Crippen LogP contribution is 2.19. The Morgan fingerprint density at radius 1 is 1.00 bits per heavy atom. The lowest BCUT2D eigenvalue weighted by Crippen LogP contribution is -2.02. The van der Waals surface area contributed by atoms with Gasteiger partial charge in [0.15, 0.2) is 16.6 Å². The van der Waals surface area contributed by atoms with Gasteiger partial charge in [0.2, 0.25) is 5.28 Å². The van der Waals surface area contributed by atoms with Gasteiger partial charge < -0.3 is 0 Å². The number of fused-ring (bicyclic) bond motifs is 1. The van der Waals surface area contributed by atoms with Gasteiger partial charge in [-0.25, -0.2) is 15.0 Å². The molecule has 0 atom stereocenters. The third kappa shape index (κ3) is 1.71. The first-order valence-corrected chi connectivity index (χ1v) is 5.34. The van der Waals surface area contributed by atoms with Crippen LogP contribution in [0.15, 0.2) is 24.8 Å². The third-order valence-corrected chi connectivity index (χ3v) is 2.56. The number of hydrogen-bond donors (Lipinski definition) is 0. The largest absolute Gasteiger partial charge is 0.239 e. The van der Waals surface area contributed by atoms with Crippen LogP contribution in [0.25, 0.3) is 16.9 Å². The second kappa shape index (κ2) is 3.90. The van der Waals surface area contributed by atoms with Gasteiger partial charge in [-0.1, -0.05) is 11.6 Å². The normalized spacial score (nSPS) is 10.9. The molecule has 0 saturated carbocycles. The Morgan fingerprint density at radius 2 is 1.82 bits per heavy atom. The van der Waals surface area contributed by atoms with E-state index in [-0.39, 0.29) is 10.4 Å². The second-order valence-electron chi connectivity index (χ2n) is 3.15. The molecule has 8 heteroatoms. The Bertz CT molecular complexity index is 695. The number of halogens is 2. The van der Waals surface area contributed by atoms with E-state index in [1.807, 2.05) is 0 Å². The third-order valence-electron chi connectivity index (χ3n) is 2.12. The van der Waals surface area contributed by atoms with Gasteiger partial charge >= 0.3 is 0 Å². The van der Waals surface area contributed by atoms with Crippen molar-refractivity contribution in [1.82, 2.24) is 29.7 Å². The molecular formula is C9H4Cl2N6. The number of hydrogen-bond acceptors (Lipinski definition) is 5. The monoisotopic (exact) mass is 266 g/mol. The van der Waals surface area contributed by atoms with Crippen molar-refractivity contribution in [2.45, 2.75) is 0 Å². The highest BCUT2D eigenvalue weighted by molar-refractivity contribution is 6.31. The van der Waals surface area contributed by atoms with E-state index in [1.165, 1.54) is 17.1 Å². The minimum absolute atomic E-state index is 0.138.